The van der Waals surface area contributed by atoms with E-state index in [1.54, 1.807) is 20.8 Å². The molecule has 0 aliphatic heterocycles. The number of carbonyl (C=O) groups is 2. The molecule has 0 aliphatic rings. The number of hydrogen-bond donors (Lipinski definition) is 3. The first-order valence-corrected chi connectivity index (χ1v) is 5.29. The Labute approximate surface area is 105 Å². The van der Waals surface area contributed by atoms with Gasteiger partial charge in [0.05, 0.1) is 5.56 Å². The predicted octanol–water partition coefficient (Wildman–Crippen LogP) is 1.03. The van der Waals surface area contributed by atoms with Crippen LogP contribution in [0.4, 0.5) is 10.6 Å². The first-order valence-electron chi connectivity index (χ1n) is 5.29. The number of nitrogen functional groups attached to an aromatic ring is 1. The van der Waals surface area contributed by atoms with Crippen LogP contribution in [0.2, 0.25) is 0 Å². The topological polar surface area (TPSA) is 106 Å². The van der Waals surface area contributed by atoms with Crippen molar-refractivity contribution >= 4 is 17.8 Å². The van der Waals surface area contributed by atoms with Crippen molar-refractivity contribution in [1.82, 2.24) is 10.4 Å². The zero-order chi connectivity index (χ0) is 13.8. The first-order chi connectivity index (χ1) is 8.31. The molecule has 0 radical (unpaired) electrons. The smallest absolute Gasteiger partial charge is 0.413 e. The second-order valence-corrected chi connectivity index (χ2v) is 4.53. The van der Waals surface area contributed by atoms with E-state index < -0.39 is 17.6 Å². The summed E-state index contributed by atoms with van der Waals surface area (Å²) in [6.45, 7) is 5.28. The Balaban J connectivity index is 2.64. The fraction of sp³-hybridized carbons (Fsp3) is 0.364. The van der Waals surface area contributed by atoms with Crippen molar-refractivity contribution in [3.63, 3.8) is 0 Å². The van der Waals surface area contributed by atoms with Crippen LogP contribution < -0.4 is 16.6 Å². The van der Waals surface area contributed by atoms with Crippen LogP contribution in [0.25, 0.3) is 0 Å². The number of hydrogen-bond acceptors (Lipinski definition) is 5. The third kappa shape index (κ3) is 4.38. The van der Waals surface area contributed by atoms with E-state index in [2.05, 4.69) is 10.3 Å². The van der Waals surface area contributed by atoms with Gasteiger partial charge in [0.25, 0.3) is 5.91 Å². The average molecular weight is 252 g/mol. The molecule has 0 aromatic carbocycles. The second-order valence-electron chi connectivity index (χ2n) is 4.53. The number of rotatable bonds is 2. The highest BCUT2D eigenvalue weighted by atomic mass is 16.6. The molecule has 7 nitrogen and oxygen atoms in total. The van der Waals surface area contributed by atoms with Gasteiger partial charge in [-0.05, 0) is 32.9 Å². The van der Waals surface area contributed by atoms with Crippen molar-refractivity contribution < 1.29 is 14.3 Å². The summed E-state index contributed by atoms with van der Waals surface area (Å²) < 4.78 is 5.05. The molecule has 1 heterocycles. The van der Waals surface area contributed by atoms with Gasteiger partial charge >= 0.3 is 6.09 Å². The molecule has 0 aliphatic carbocycles. The summed E-state index contributed by atoms with van der Waals surface area (Å²) in [5.41, 5.74) is 1.70. The molecule has 1 rings (SSSR count). The third-order valence-electron chi connectivity index (χ3n) is 1.79. The number of aromatic nitrogens is 1. The van der Waals surface area contributed by atoms with E-state index in [0.717, 1.165) is 0 Å². The lowest BCUT2D eigenvalue weighted by molar-refractivity contribution is 0.0635. The summed E-state index contributed by atoms with van der Waals surface area (Å²) in [7, 11) is 0. The van der Waals surface area contributed by atoms with Gasteiger partial charge in [0.2, 0.25) is 0 Å². The third-order valence-corrected chi connectivity index (χ3v) is 1.79. The van der Waals surface area contributed by atoms with Crippen LogP contribution in [-0.4, -0.2) is 22.6 Å². The SMILES string of the molecule is CC(C)(C)OC(=O)Nc1ccc(C(=O)NN)cn1. The van der Waals surface area contributed by atoms with Crippen LogP contribution in [0, 0.1) is 0 Å². The highest BCUT2D eigenvalue weighted by molar-refractivity contribution is 5.93. The Kier molecular flexibility index (Phi) is 4.22. The molecular formula is C11H16N4O3. The van der Waals surface area contributed by atoms with Gasteiger partial charge in [0.15, 0.2) is 0 Å². The number of hydrazine groups is 1. The predicted molar refractivity (Wildman–Crippen MR) is 65.7 cm³/mol. The summed E-state index contributed by atoms with van der Waals surface area (Å²) in [4.78, 5) is 26.5. The van der Waals surface area contributed by atoms with Crippen LogP contribution in [0.1, 0.15) is 31.1 Å². The van der Waals surface area contributed by atoms with Crippen molar-refractivity contribution in [3.05, 3.63) is 23.9 Å². The van der Waals surface area contributed by atoms with E-state index in [-0.39, 0.29) is 5.82 Å². The number of nitrogens with zero attached hydrogens (tertiary/aromatic N) is 1. The number of nitrogens with two attached hydrogens (primary N) is 1. The van der Waals surface area contributed by atoms with E-state index in [1.807, 2.05) is 5.43 Å². The number of amides is 2. The van der Waals surface area contributed by atoms with Gasteiger partial charge in [-0.2, -0.15) is 0 Å². The number of anilines is 1. The van der Waals surface area contributed by atoms with E-state index in [1.165, 1.54) is 18.3 Å². The lowest BCUT2D eigenvalue weighted by atomic mass is 10.2. The molecule has 0 fully saturated rings. The van der Waals surface area contributed by atoms with Gasteiger partial charge in [0.1, 0.15) is 11.4 Å². The molecule has 4 N–H and O–H groups in total. The fourth-order valence-corrected chi connectivity index (χ4v) is 1.09. The van der Waals surface area contributed by atoms with Gasteiger partial charge in [-0.15, -0.1) is 0 Å². The van der Waals surface area contributed by atoms with Crippen molar-refractivity contribution in [2.75, 3.05) is 5.32 Å². The summed E-state index contributed by atoms with van der Waals surface area (Å²) in [6, 6.07) is 2.97. The van der Waals surface area contributed by atoms with Crippen LogP contribution in [0.5, 0.6) is 0 Å². The first kappa shape index (κ1) is 13.9. The monoisotopic (exact) mass is 252 g/mol. The van der Waals surface area contributed by atoms with E-state index in [4.69, 9.17) is 10.6 Å². The highest BCUT2D eigenvalue weighted by Gasteiger charge is 2.16. The molecule has 0 saturated carbocycles. The maximum Gasteiger partial charge on any atom is 0.413 e. The molecule has 18 heavy (non-hydrogen) atoms. The Morgan fingerprint density at radius 3 is 2.44 bits per heavy atom. The number of carbonyl (C=O) groups excluding carboxylic acids is 2. The molecule has 0 spiro atoms. The van der Waals surface area contributed by atoms with Crippen LogP contribution in [0.3, 0.4) is 0 Å². The maximum atomic E-state index is 11.4. The highest BCUT2D eigenvalue weighted by Crippen LogP contribution is 2.10. The van der Waals surface area contributed by atoms with Crippen molar-refractivity contribution in [2.24, 2.45) is 5.84 Å². The van der Waals surface area contributed by atoms with Crippen LogP contribution in [0.15, 0.2) is 18.3 Å². The minimum Gasteiger partial charge on any atom is -0.444 e. The van der Waals surface area contributed by atoms with Crippen LogP contribution in [-0.2, 0) is 4.74 Å². The maximum absolute atomic E-state index is 11.4. The molecular weight excluding hydrogens is 236 g/mol. The molecule has 0 bridgehead atoms. The number of nitrogens with one attached hydrogen (secondary N) is 2. The quantitative estimate of drug-likeness (QED) is 0.414. The summed E-state index contributed by atoms with van der Waals surface area (Å²) in [6.07, 6.45) is 0.695. The molecule has 0 atom stereocenters. The Bertz CT molecular complexity index is 437. The van der Waals surface area contributed by atoms with E-state index in [9.17, 15) is 9.59 Å². The fourth-order valence-electron chi connectivity index (χ4n) is 1.09. The van der Waals surface area contributed by atoms with Gasteiger partial charge in [-0.3, -0.25) is 15.5 Å². The second kappa shape index (κ2) is 5.46. The zero-order valence-corrected chi connectivity index (χ0v) is 10.5. The Hall–Kier alpha value is -2.15. The normalized spacial score (nSPS) is 10.7. The molecule has 1 aromatic rings. The summed E-state index contributed by atoms with van der Waals surface area (Å²) in [5, 5.41) is 2.45. The summed E-state index contributed by atoms with van der Waals surface area (Å²) >= 11 is 0. The Morgan fingerprint density at radius 2 is 2.00 bits per heavy atom. The van der Waals surface area contributed by atoms with Crippen LogP contribution >= 0.6 is 0 Å². The summed E-state index contributed by atoms with van der Waals surface area (Å²) in [5.74, 6) is 4.81. The van der Waals surface area contributed by atoms with Crippen molar-refractivity contribution in [2.45, 2.75) is 26.4 Å². The van der Waals surface area contributed by atoms with Gasteiger partial charge in [-0.25, -0.2) is 15.6 Å². The van der Waals surface area contributed by atoms with E-state index in [0.29, 0.717) is 5.56 Å². The molecule has 7 heteroatoms. The lowest BCUT2D eigenvalue weighted by Crippen LogP contribution is -2.30. The zero-order valence-electron chi connectivity index (χ0n) is 10.5. The van der Waals surface area contributed by atoms with Crippen molar-refractivity contribution in [3.8, 4) is 0 Å². The molecule has 1 aromatic heterocycles. The minimum atomic E-state index is -0.606. The minimum absolute atomic E-state index is 0.290. The largest absolute Gasteiger partial charge is 0.444 e. The number of ether oxygens (including phenoxy) is 1. The van der Waals surface area contributed by atoms with Gasteiger partial charge in [0, 0.05) is 6.20 Å². The molecule has 0 saturated heterocycles. The Morgan fingerprint density at radius 1 is 1.33 bits per heavy atom. The molecule has 2 amide bonds. The average Bonchev–Trinajstić information content (AvgIpc) is 2.26. The van der Waals surface area contributed by atoms with Crippen molar-refractivity contribution in [1.29, 1.82) is 0 Å². The van der Waals surface area contributed by atoms with E-state index >= 15 is 0 Å². The van der Waals surface area contributed by atoms with Gasteiger partial charge < -0.3 is 4.74 Å². The molecule has 0 unspecified atom stereocenters. The standard InChI is InChI=1S/C11H16N4O3/c1-11(2,3)18-10(17)14-8-5-4-7(6-13-8)9(16)15-12/h4-6H,12H2,1-3H3,(H,15,16)(H,13,14,17). The molecule has 98 valence electrons. The lowest BCUT2D eigenvalue weighted by Gasteiger charge is -2.19. The number of pyridine rings is 1. The van der Waals surface area contributed by atoms with Gasteiger partial charge in [-0.1, -0.05) is 0 Å².